The van der Waals surface area contributed by atoms with Crippen LogP contribution in [0.5, 0.6) is 0 Å². The van der Waals surface area contributed by atoms with Crippen LogP contribution in [-0.4, -0.2) is 29.8 Å². The van der Waals surface area contributed by atoms with Crippen molar-refractivity contribution in [2.75, 3.05) is 18.4 Å². The number of anilines is 1. The number of hydrogen-bond donors (Lipinski definition) is 1. The van der Waals surface area contributed by atoms with Gasteiger partial charge in [0.15, 0.2) is 0 Å². The zero-order chi connectivity index (χ0) is 20.8. The van der Waals surface area contributed by atoms with Crippen molar-refractivity contribution in [2.45, 2.75) is 65.7 Å². The minimum absolute atomic E-state index is 0.00605. The van der Waals surface area contributed by atoms with E-state index in [0.29, 0.717) is 40.5 Å². The lowest BCUT2D eigenvalue weighted by Crippen LogP contribution is -2.47. The molecule has 5 nitrogen and oxygen atoms in total. The molecule has 29 heavy (non-hydrogen) atoms. The highest BCUT2D eigenvalue weighted by atomic mass is 32.1. The first-order valence-electron chi connectivity index (χ1n) is 11.0. The minimum Gasteiger partial charge on any atom is -0.338 e. The Labute approximate surface area is 177 Å². The zero-order valence-electron chi connectivity index (χ0n) is 17.7. The van der Waals surface area contributed by atoms with Crippen molar-refractivity contribution < 1.29 is 9.59 Å². The molecule has 1 N–H and O–H groups in total. The highest BCUT2D eigenvalue weighted by molar-refractivity contribution is 7.18. The van der Waals surface area contributed by atoms with Crippen LogP contribution in [0.2, 0.25) is 0 Å². The third kappa shape index (κ3) is 3.70. The second kappa shape index (κ2) is 7.75. The summed E-state index contributed by atoms with van der Waals surface area (Å²) in [5.74, 6) is 2.38. The molecule has 0 aromatic carbocycles. The molecule has 0 spiro atoms. The highest BCUT2D eigenvalue weighted by Crippen LogP contribution is 2.61. The van der Waals surface area contributed by atoms with Crippen molar-refractivity contribution in [3.05, 3.63) is 16.0 Å². The van der Waals surface area contributed by atoms with Crippen LogP contribution in [0, 0.1) is 41.4 Å². The smallest absolute Gasteiger partial charge is 0.264 e. The lowest BCUT2D eigenvalue weighted by molar-refractivity contribution is -0.124. The van der Waals surface area contributed by atoms with E-state index in [1.807, 2.05) is 13.8 Å². The molecule has 6 heteroatoms. The second-order valence-corrected chi connectivity index (χ2v) is 10.5. The normalized spacial score (nSPS) is 29.5. The number of hydrogen-bond acceptors (Lipinski definition) is 4. The topological polar surface area (TPSA) is 73.2 Å². The molecule has 0 aliphatic heterocycles. The molecule has 0 saturated heterocycles. The van der Waals surface area contributed by atoms with Gasteiger partial charge in [-0.15, -0.1) is 11.3 Å². The largest absolute Gasteiger partial charge is 0.338 e. The Bertz CT molecular complexity index is 827. The average Bonchev–Trinajstić information content (AvgIpc) is 2.95. The van der Waals surface area contributed by atoms with Gasteiger partial charge in [-0.2, -0.15) is 5.26 Å². The average molecular weight is 414 g/mol. The number of rotatable bonds is 6. The van der Waals surface area contributed by atoms with Crippen LogP contribution >= 0.6 is 11.3 Å². The maximum atomic E-state index is 13.0. The predicted molar refractivity (Wildman–Crippen MR) is 115 cm³/mol. The van der Waals surface area contributed by atoms with Crippen molar-refractivity contribution >= 4 is 28.2 Å². The molecule has 156 valence electrons. The lowest BCUT2D eigenvalue weighted by Gasteiger charge is -2.56. The first-order chi connectivity index (χ1) is 13.9. The molecule has 2 amide bonds. The van der Waals surface area contributed by atoms with Gasteiger partial charge in [-0.25, -0.2) is 0 Å². The van der Waals surface area contributed by atoms with Crippen LogP contribution in [0.25, 0.3) is 0 Å². The maximum Gasteiger partial charge on any atom is 0.264 e. The molecule has 0 atom stereocenters. The fourth-order valence-electron chi connectivity index (χ4n) is 6.61. The summed E-state index contributed by atoms with van der Waals surface area (Å²) >= 11 is 1.25. The van der Waals surface area contributed by atoms with Gasteiger partial charge in [0.1, 0.15) is 11.1 Å². The standard InChI is InChI=1S/C23H31N3O2S/c1-4-26(5-2)22(28)20-14(3)18(13-24)21(29-20)25-19(27)12-23-9-15-6-16(10-23)8-17(7-15)11-23/h15-17H,4-12H2,1-3H3,(H,25,27). The Balaban J connectivity index is 1.51. The number of carbonyl (C=O) groups is 2. The summed E-state index contributed by atoms with van der Waals surface area (Å²) in [7, 11) is 0. The number of thiophene rings is 1. The molecule has 4 bridgehead atoms. The van der Waals surface area contributed by atoms with Crippen molar-refractivity contribution in [1.29, 1.82) is 5.26 Å². The number of nitrogens with zero attached hydrogens (tertiary/aromatic N) is 2. The maximum absolute atomic E-state index is 13.0. The molecule has 4 saturated carbocycles. The molecule has 4 aliphatic rings. The van der Waals surface area contributed by atoms with Crippen LogP contribution in [0.3, 0.4) is 0 Å². The fourth-order valence-corrected chi connectivity index (χ4v) is 7.75. The molecule has 4 fully saturated rings. The number of nitriles is 1. The first-order valence-corrected chi connectivity index (χ1v) is 11.8. The van der Waals surface area contributed by atoms with Gasteiger partial charge in [-0.05, 0) is 88.0 Å². The summed E-state index contributed by atoms with van der Waals surface area (Å²) in [6, 6.07) is 2.20. The van der Waals surface area contributed by atoms with Gasteiger partial charge in [-0.1, -0.05) is 0 Å². The van der Waals surface area contributed by atoms with Crippen LogP contribution in [0.4, 0.5) is 5.00 Å². The lowest BCUT2D eigenvalue weighted by atomic mass is 9.49. The second-order valence-electron chi connectivity index (χ2n) is 9.49. The minimum atomic E-state index is -0.0596. The molecular formula is C23H31N3O2S. The number of carbonyl (C=O) groups excluding carboxylic acids is 2. The summed E-state index contributed by atoms with van der Waals surface area (Å²) in [6.45, 7) is 6.96. The number of nitrogens with one attached hydrogen (secondary N) is 1. The van der Waals surface area contributed by atoms with E-state index in [0.717, 1.165) is 17.8 Å². The predicted octanol–water partition coefficient (Wildman–Crippen LogP) is 4.96. The SMILES string of the molecule is CCN(CC)C(=O)c1sc(NC(=O)CC23CC4CC(CC(C4)C2)C3)c(C#N)c1C. The van der Waals surface area contributed by atoms with Crippen LogP contribution < -0.4 is 5.32 Å². The van der Waals surface area contributed by atoms with Gasteiger partial charge >= 0.3 is 0 Å². The van der Waals surface area contributed by atoms with Crippen molar-refractivity contribution in [2.24, 2.45) is 23.2 Å². The summed E-state index contributed by atoms with van der Waals surface area (Å²) in [6.07, 6.45) is 8.20. The molecule has 0 unspecified atom stereocenters. The Morgan fingerprint density at radius 3 is 2.17 bits per heavy atom. The van der Waals surface area contributed by atoms with Gasteiger partial charge in [0, 0.05) is 19.5 Å². The van der Waals surface area contributed by atoms with Crippen molar-refractivity contribution in [3.63, 3.8) is 0 Å². The Hall–Kier alpha value is -1.87. The van der Waals surface area contributed by atoms with E-state index in [2.05, 4.69) is 11.4 Å². The molecule has 1 aromatic rings. The first kappa shape index (κ1) is 20.4. The number of amides is 2. The monoisotopic (exact) mass is 413 g/mol. The van der Waals surface area contributed by atoms with Crippen molar-refractivity contribution in [1.82, 2.24) is 4.90 Å². The van der Waals surface area contributed by atoms with Crippen LogP contribution in [0.15, 0.2) is 0 Å². The molecule has 0 radical (unpaired) electrons. The summed E-state index contributed by atoms with van der Waals surface area (Å²) < 4.78 is 0. The summed E-state index contributed by atoms with van der Waals surface area (Å²) in [5.41, 5.74) is 1.28. The van der Waals surface area contributed by atoms with E-state index >= 15 is 0 Å². The molecular weight excluding hydrogens is 382 g/mol. The van der Waals surface area contributed by atoms with E-state index in [-0.39, 0.29) is 17.2 Å². The van der Waals surface area contributed by atoms with Crippen LogP contribution in [0.1, 0.15) is 79.6 Å². The zero-order valence-corrected chi connectivity index (χ0v) is 18.5. The van der Waals surface area contributed by atoms with Crippen molar-refractivity contribution in [3.8, 4) is 6.07 Å². The Kier molecular flexibility index (Phi) is 5.46. The molecule has 4 aliphatic carbocycles. The van der Waals surface area contributed by atoms with E-state index in [9.17, 15) is 14.9 Å². The van der Waals surface area contributed by atoms with E-state index < -0.39 is 0 Å². The Morgan fingerprint density at radius 1 is 1.14 bits per heavy atom. The van der Waals surface area contributed by atoms with Crippen LogP contribution in [-0.2, 0) is 4.79 Å². The van der Waals surface area contributed by atoms with Gasteiger partial charge in [0.2, 0.25) is 5.91 Å². The molecule has 1 heterocycles. The van der Waals surface area contributed by atoms with Gasteiger partial charge in [0.05, 0.1) is 10.4 Å². The summed E-state index contributed by atoms with van der Waals surface area (Å²) in [4.78, 5) is 28.1. The van der Waals surface area contributed by atoms with E-state index in [1.54, 1.807) is 11.8 Å². The van der Waals surface area contributed by atoms with Gasteiger partial charge in [0.25, 0.3) is 5.91 Å². The van der Waals surface area contributed by atoms with E-state index in [4.69, 9.17) is 0 Å². The molecule has 5 rings (SSSR count). The third-order valence-electron chi connectivity index (χ3n) is 7.46. The van der Waals surface area contributed by atoms with Gasteiger partial charge < -0.3 is 10.2 Å². The highest BCUT2D eigenvalue weighted by Gasteiger charge is 2.51. The summed E-state index contributed by atoms with van der Waals surface area (Å²) in [5, 5.41) is 13.2. The van der Waals surface area contributed by atoms with E-state index in [1.165, 1.54) is 49.9 Å². The van der Waals surface area contributed by atoms with Gasteiger partial charge in [-0.3, -0.25) is 9.59 Å². The third-order valence-corrected chi connectivity index (χ3v) is 8.65. The fraction of sp³-hybridized carbons (Fsp3) is 0.696. The molecule has 1 aromatic heterocycles. The quantitative estimate of drug-likeness (QED) is 0.717. The Morgan fingerprint density at radius 2 is 1.69 bits per heavy atom.